The lowest BCUT2D eigenvalue weighted by Crippen LogP contribution is -2.33. The molecule has 13 nitrogen and oxygen atoms in total. The number of likely N-dealkylation sites (N-methyl/N-ethyl adjacent to an activating group) is 1. The number of hydrogen-bond acceptors (Lipinski definition) is 9. The minimum atomic E-state index is -0.194. The van der Waals surface area contributed by atoms with Crippen molar-refractivity contribution in [2.75, 3.05) is 72.2 Å². The van der Waals surface area contributed by atoms with Crippen LogP contribution in [0.2, 0.25) is 0 Å². The Balaban J connectivity index is 2.25. The van der Waals surface area contributed by atoms with Crippen molar-refractivity contribution >= 4 is 35.4 Å². The molecule has 0 aromatic carbocycles. The largest absolute Gasteiger partial charge is 0.494 e. The summed E-state index contributed by atoms with van der Waals surface area (Å²) in [6.45, 7) is 8.48. The summed E-state index contributed by atoms with van der Waals surface area (Å²) in [5.74, 6) is -0.722. The first-order valence-corrected chi connectivity index (χ1v) is 14.6. The summed E-state index contributed by atoms with van der Waals surface area (Å²) in [6.07, 6.45) is 2.48. The van der Waals surface area contributed by atoms with Crippen LogP contribution in [-0.2, 0) is 25.7 Å². The Kier molecular flexibility index (Phi) is 17.5. The Morgan fingerprint density at radius 1 is 0.775 bits per heavy atom. The molecule has 1 heterocycles. The van der Waals surface area contributed by atoms with Crippen molar-refractivity contribution in [1.29, 1.82) is 0 Å². The van der Waals surface area contributed by atoms with Gasteiger partial charge in [0.15, 0.2) is 5.88 Å². The van der Waals surface area contributed by atoms with Gasteiger partial charge in [-0.3, -0.25) is 23.7 Å². The molecule has 0 saturated heterocycles. The van der Waals surface area contributed by atoms with E-state index in [-0.39, 0.29) is 54.1 Å². The molecule has 0 aliphatic carbocycles. The number of amides is 4. The summed E-state index contributed by atoms with van der Waals surface area (Å²) >= 11 is 1.12. The van der Waals surface area contributed by atoms with Gasteiger partial charge in [-0.15, -0.1) is 11.8 Å². The maximum absolute atomic E-state index is 12.2. The van der Waals surface area contributed by atoms with Gasteiger partial charge in [0.2, 0.25) is 29.5 Å². The van der Waals surface area contributed by atoms with Crippen LogP contribution in [0.4, 0.5) is 0 Å². The highest BCUT2D eigenvalue weighted by Crippen LogP contribution is 2.35. The minimum Gasteiger partial charge on any atom is -0.494 e. The zero-order valence-corrected chi connectivity index (χ0v) is 25.1. The number of rotatable bonds is 21. The highest BCUT2D eigenvalue weighted by molar-refractivity contribution is 8.00. The Bertz CT molecular complexity index is 943. The Hall–Kier alpha value is -2.97. The van der Waals surface area contributed by atoms with Crippen molar-refractivity contribution in [2.45, 2.75) is 51.0 Å². The number of thioether (sulfide) groups is 1. The van der Waals surface area contributed by atoms with E-state index in [1.165, 1.54) is 24.5 Å². The lowest BCUT2D eigenvalue weighted by Gasteiger charge is -2.16. The number of aromatic nitrogens is 1. The van der Waals surface area contributed by atoms with Gasteiger partial charge >= 0.3 is 0 Å². The minimum absolute atomic E-state index is 0.0324. The third-order valence-corrected chi connectivity index (χ3v) is 6.99. The van der Waals surface area contributed by atoms with E-state index in [9.17, 15) is 29.4 Å². The molecule has 1 aromatic heterocycles. The molecule has 0 radical (unpaired) electrons. The third-order valence-electron chi connectivity index (χ3n) is 5.97. The summed E-state index contributed by atoms with van der Waals surface area (Å²) in [5, 5.41) is 31.8. The van der Waals surface area contributed by atoms with E-state index in [4.69, 9.17) is 0 Å². The van der Waals surface area contributed by atoms with Crippen LogP contribution in [0.1, 0.15) is 39.5 Å². The molecule has 0 saturated carbocycles. The average Bonchev–Trinajstić information content (AvgIpc) is 3.16. The van der Waals surface area contributed by atoms with E-state index < -0.39 is 0 Å². The number of carbonyl (C=O) groups is 4. The monoisotopic (exact) mass is 585 g/mol. The molecule has 0 fully saturated rings. The average molecular weight is 586 g/mol. The molecule has 1 rings (SSSR count). The number of hydrogen-bond donors (Lipinski definition) is 6. The molecule has 228 valence electrons. The number of carbonyl (C=O) groups excluding carboxylic acids is 4. The van der Waals surface area contributed by atoms with E-state index in [0.29, 0.717) is 31.1 Å². The molecule has 40 heavy (non-hydrogen) atoms. The summed E-state index contributed by atoms with van der Waals surface area (Å²) in [7, 11) is 3.94. The van der Waals surface area contributed by atoms with Crippen molar-refractivity contribution in [2.24, 2.45) is 0 Å². The molecular weight excluding hydrogens is 538 g/mol. The van der Waals surface area contributed by atoms with Gasteiger partial charge in [0, 0.05) is 65.6 Å². The smallest absolute Gasteiger partial charge is 0.230 e. The number of nitrogens with zero attached hydrogens (tertiary/aromatic N) is 3. The first-order chi connectivity index (χ1) is 19.0. The molecule has 1 aromatic rings. The molecule has 14 heteroatoms. The molecule has 4 amide bonds. The van der Waals surface area contributed by atoms with Crippen LogP contribution in [0, 0.1) is 0 Å². The van der Waals surface area contributed by atoms with Crippen molar-refractivity contribution in [1.82, 2.24) is 35.6 Å². The summed E-state index contributed by atoms with van der Waals surface area (Å²) in [5.41, 5.74) is 0. The van der Waals surface area contributed by atoms with Crippen LogP contribution in [0.25, 0.3) is 0 Å². The van der Waals surface area contributed by atoms with Crippen LogP contribution in [0.15, 0.2) is 11.0 Å². The fourth-order valence-electron chi connectivity index (χ4n) is 3.74. The van der Waals surface area contributed by atoms with Crippen LogP contribution < -0.4 is 21.3 Å². The highest BCUT2D eigenvalue weighted by Gasteiger charge is 2.16. The van der Waals surface area contributed by atoms with E-state index in [1.807, 2.05) is 14.1 Å². The van der Waals surface area contributed by atoms with Crippen LogP contribution >= 0.6 is 11.8 Å². The van der Waals surface area contributed by atoms with E-state index in [0.717, 1.165) is 57.2 Å². The van der Waals surface area contributed by atoms with Gasteiger partial charge in [-0.25, -0.2) is 0 Å². The fourth-order valence-corrected chi connectivity index (χ4v) is 4.55. The molecule has 0 bridgehead atoms. The lowest BCUT2D eigenvalue weighted by atomic mass is 10.3. The Morgan fingerprint density at radius 3 is 1.85 bits per heavy atom. The SMILES string of the molecule is CC(=O)NCCCN(C)CCCNC(=O)CSc1cc(O)n(CCC(=O)NCCCN(C)CCNC(C)=O)c1O. The normalized spacial score (nSPS) is 11.1. The van der Waals surface area contributed by atoms with Gasteiger partial charge in [-0.05, 0) is 53.0 Å². The third kappa shape index (κ3) is 16.2. The maximum Gasteiger partial charge on any atom is 0.230 e. The Morgan fingerprint density at radius 2 is 1.27 bits per heavy atom. The molecule has 0 atom stereocenters. The van der Waals surface area contributed by atoms with Crippen LogP contribution in [0.3, 0.4) is 0 Å². The molecule has 0 spiro atoms. The van der Waals surface area contributed by atoms with E-state index in [2.05, 4.69) is 31.1 Å². The fraction of sp³-hybridized carbons (Fsp3) is 0.692. The second-order valence-corrected chi connectivity index (χ2v) is 10.7. The van der Waals surface area contributed by atoms with Gasteiger partial charge in [0.1, 0.15) is 0 Å². The van der Waals surface area contributed by atoms with Crippen molar-refractivity contribution < 1.29 is 29.4 Å². The summed E-state index contributed by atoms with van der Waals surface area (Å²) in [4.78, 5) is 50.7. The quantitative estimate of drug-likeness (QED) is 0.0854. The maximum atomic E-state index is 12.2. The Labute approximate surface area is 241 Å². The molecule has 0 unspecified atom stereocenters. The molecule has 0 aliphatic rings. The second-order valence-electron chi connectivity index (χ2n) is 9.71. The van der Waals surface area contributed by atoms with Crippen molar-refractivity contribution in [3.63, 3.8) is 0 Å². The zero-order valence-electron chi connectivity index (χ0n) is 24.3. The van der Waals surface area contributed by atoms with Crippen LogP contribution in [0.5, 0.6) is 11.8 Å². The van der Waals surface area contributed by atoms with Crippen molar-refractivity contribution in [3.8, 4) is 11.8 Å². The predicted octanol–water partition coefficient (Wildman–Crippen LogP) is -0.0800. The van der Waals surface area contributed by atoms with Gasteiger partial charge in [-0.1, -0.05) is 0 Å². The van der Waals surface area contributed by atoms with Crippen LogP contribution in [-0.4, -0.2) is 120 Å². The van der Waals surface area contributed by atoms with E-state index >= 15 is 0 Å². The van der Waals surface area contributed by atoms with Gasteiger partial charge < -0.3 is 41.3 Å². The second kappa shape index (κ2) is 20.0. The van der Waals surface area contributed by atoms with Gasteiger partial charge in [0.05, 0.1) is 10.6 Å². The topological polar surface area (TPSA) is 168 Å². The standard InChI is InChI=1S/C26H47N7O6S/c1-20(34)27-9-5-13-31(3)14-7-11-30-24(37)19-40-22-18-25(38)33(26(22)39)16-8-23(36)29-10-6-15-32(4)17-12-28-21(2)35/h18,38-39H,5-17,19H2,1-4H3,(H,27,34)(H,28,35)(H,29,36)(H,30,37). The predicted molar refractivity (Wildman–Crippen MR) is 155 cm³/mol. The summed E-state index contributed by atoms with van der Waals surface area (Å²) in [6, 6.07) is 1.39. The lowest BCUT2D eigenvalue weighted by molar-refractivity contribution is -0.121. The first kappa shape index (κ1) is 35.1. The molecule has 6 N–H and O–H groups in total. The molecule has 0 aliphatic heterocycles. The molecular formula is C26H47N7O6S. The van der Waals surface area contributed by atoms with Gasteiger partial charge in [-0.2, -0.15) is 0 Å². The number of aromatic hydroxyl groups is 2. The summed E-state index contributed by atoms with van der Waals surface area (Å²) < 4.78 is 1.25. The van der Waals surface area contributed by atoms with Gasteiger partial charge in [0.25, 0.3) is 0 Å². The first-order valence-electron chi connectivity index (χ1n) is 13.6. The number of nitrogens with one attached hydrogen (secondary N) is 4. The zero-order chi connectivity index (χ0) is 29.9. The van der Waals surface area contributed by atoms with Crippen molar-refractivity contribution in [3.05, 3.63) is 6.07 Å². The highest BCUT2D eigenvalue weighted by atomic mass is 32.2. The van der Waals surface area contributed by atoms with E-state index in [1.54, 1.807) is 0 Å².